The average Bonchev–Trinajstić information content (AvgIpc) is 2.68. The SMILES string of the molecule is COc1cccc(CN(C(=O)Cc2cc(C)cc(C)c2)C(C)C(=O)NCC(C)C)c1. The van der Waals surface area contributed by atoms with Gasteiger partial charge >= 0.3 is 0 Å². The molecule has 0 saturated heterocycles. The Morgan fingerprint density at radius 1 is 1.00 bits per heavy atom. The number of methoxy groups -OCH3 is 1. The second-order valence-corrected chi connectivity index (χ2v) is 8.36. The van der Waals surface area contributed by atoms with Gasteiger partial charge in [-0.25, -0.2) is 0 Å². The topological polar surface area (TPSA) is 58.6 Å². The smallest absolute Gasteiger partial charge is 0.242 e. The van der Waals surface area contributed by atoms with E-state index in [2.05, 4.69) is 11.4 Å². The van der Waals surface area contributed by atoms with E-state index in [9.17, 15) is 9.59 Å². The zero-order chi connectivity index (χ0) is 22.3. The van der Waals surface area contributed by atoms with Crippen LogP contribution in [0.15, 0.2) is 42.5 Å². The zero-order valence-corrected chi connectivity index (χ0v) is 19.0. The van der Waals surface area contributed by atoms with Crippen LogP contribution in [-0.2, 0) is 22.6 Å². The number of hydrogen-bond acceptors (Lipinski definition) is 3. The molecule has 0 saturated carbocycles. The number of benzene rings is 2. The third-order valence-electron chi connectivity index (χ3n) is 4.98. The summed E-state index contributed by atoms with van der Waals surface area (Å²) in [6.45, 7) is 10.9. The number of carbonyl (C=O) groups is 2. The highest BCUT2D eigenvalue weighted by Gasteiger charge is 2.26. The van der Waals surface area contributed by atoms with Gasteiger partial charge in [-0.15, -0.1) is 0 Å². The summed E-state index contributed by atoms with van der Waals surface area (Å²) in [5.74, 6) is 0.862. The number of rotatable bonds is 9. The highest BCUT2D eigenvalue weighted by Crippen LogP contribution is 2.18. The normalized spacial score (nSPS) is 11.8. The lowest BCUT2D eigenvalue weighted by Gasteiger charge is -2.29. The molecule has 0 aliphatic rings. The fourth-order valence-corrected chi connectivity index (χ4v) is 3.45. The van der Waals surface area contributed by atoms with Crippen molar-refractivity contribution in [2.75, 3.05) is 13.7 Å². The lowest BCUT2D eigenvalue weighted by molar-refractivity contribution is -0.140. The largest absolute Gasteiger partial charge is 0.497 e. The summed E-state index contributed by atoms with van der Waals surface area (Å²) in [6, 6.07) is 13.2. The van der Waals surface area contributed by atoms with Crippen molar-refractivity contribution in [3.8, 4) is 5.75 Å². The number of ether oxygens (including phenoxy) is 1. The van der Waals surface area contributed by atoms with Crippen molar-refractivity contribution in [1.29, 1.82) is 0 Å². The Bertz CT molecular complexity index is 856. The molecule has 0 aliphatic carbocycles. The van der Waals surface area contributed by atoms with Crippen LogP contribution >= 0.6 is 0 Å². The summed E-state index contributed by atoms with van der Waals surface area (Å²) in [7, 11) is 1.62. The van der Waals surface area contributed by atoms with Crippen molar-refractivity contribution in [2.24, 2.45) is 5.92 Å². The minimum atomic E-state index is -0.576. The predicted octanol–water partition coefficient (Wildman–Crippen LogP) is 4.04. The molecule has 5 nitrogen and oxygen atoms in total. The lowest BCUT2D eigenvalue weighted by atomic mass is 10.0. The molecule has 0 spiro atoms. The van der Waals surface area contributed by atoms with Crippen LogP contribution in [0.1, 0.15) is 43.0 Å². The molecular weight excluding hydrogens is 376 g/mol. The summed E-state index contributed by atoms with van der Waals surface area (Å²) < 4.78 is 5.31. The van der Waals surface area contributed by atoms with E-state index < -0.39 is 6.04 Å². The van der Waals surface area contributed by atoms with Crippen molar-refractivity contribution < 1.29 is 14.3 Å². The monoisotopic (exact) mass is 410 g/mol. The lowest BCUT2D eigenvalue weighted by Crippen LogP contribution is -2.48. The maximum atomic E-state index is 13.3. The molecule has 2 rings (SSSR count). The van der Waals surface area contributed by atoms with Crippen LogP contribution in [0.2, 0.25) is 0 Å². The van der Waals surface area contributed by atoms with Gasteiger partial charge in [0, 0.05) is 13.1 Å². The van der Waals surface area contributed by atoms with Crippen molar-refractivity contribution in [2.45, 2.75) is 53.6 Å². The van der Waals surface area contributed by atoms with Crippen molar-refractivity contribution in [3.05, 3.63) is 64.7 Å². The van der Waals surface area contributed by atoms with Gasteiger partial charge in [-0.1, -0.05) is 55.3 Å². The van der Waals surface area contributed by atoms with Crippen molar-refractivity contribution in [1.82, 2.24) is 10.2 Å². The molecule has 2 amide bonds. The maximum absolute atomic E-state index is 13.3. The fourth-order valence-electron chi connectivity index (χ4n) is 3.45. The Balaban J connectivity index is 2.26. The van der Waals surface area contributed by atoms with Crippen LogP contribution in [0.25, 0.3) is 0 Å². The van der Waals surface area contributed by atoms with Crippen LogP contribution in [-0.4, -0.2) is 36.4 Å². The molecule has 0 aromatic heterocycles. The minimum Gasteiger partial charge on any atom is -0.497 e. The molecule has 0 heterocycles. The Hall–Kier alpha value is -2.82. The van der Waals surface area contributed by atoms with Crippen LogP contribution in [0.3, 0.4) is 0 Å². The Labute approximate surface area is 180 Å². The van der Waals surface area contributed by atoms with Crippen LogP contribution in [0.5, 0.6) is 5.75 Å². The van der Waals surface area contributed by atoms with E-state index in [4.69, 9.17) is 4.74 Å². The number of aryl methyl sites for hydroxylation is 2. The van der Waals surface area contributed by atoms with Gasteiger partial charge in [0.2, 0.25) is 11.8 Å². The van der Waals surface area contributed by atoms with Crippen LogP contribution in [0.4, 0.5) is 0 Å². The van der Waals surface area contributed by atoms with Gasteiger partial charge in [-0.2, -0.15) is 0 Å². The van der Waals surface area contributed by atoms with E-state index in [-0.39, 0.29) is 18.2 Å². The predicted molar refractivity (Wildman–Crippen MR) is 120 cm³/mol. The van der Waals surface area contributed by atoms with Gasteiger partial charge in [0.1, 0.15) is 11.8 Å². The summed E-state index contributed by atoms with van der Waals surface area (Å²) in [4.78, 5) is 27.7. The first-order valence-electron chi connectivity index (χ1n) is 10.5. The van der Waals surface area contributed by atoms with E-state index in [1.165, 1.54) is 0 Å². The fraction of sp³-hybridized carbons (Fsp3) is 0.440. The molecule has 1 unspecified atom stereocenters. The van der Waals surface area contributed by atoms with E-state index in [0.717, 1.165) is 28.0 Å². The third-order valence-corrected chi connectivity index (χ3v) is 4.98. The van der Waals surface area contributed by atoms with Gasteiger partial charge in [-0.05, 0) is 49.9 Å². The Kier molecular flexibility index (Phi) is 8.46. The molecule has 0 aliphatic heterocycles. The standard InChI is InChI=1S/C25H34N2O3/c1-17(2)15-26-25(29)20(5)27(16-21-8-7-9-23(13-21)30-6)24(28)14-22-11-18(3)10-19(4)12-22/h7-13,17,20H,14-16H2,1-6H3,(H,26,29). The van der Waals surface area contributed by atoms with Crippen molar-refractivity contribution in [3.63, 3.8) is 0 Å². The van der Waals surface area contributed by atoms with Gasteiger partial charge in [0.15, 0.2) is 0 Å². The molecule has 30 heavy (non-hydrogen) atoms. The highest BCUT2D eigenvalue weighted by molar-refractivity contribution is 5.88. The maximum Gasteiger partial charge on any atom is 0.242 e. The average molecular weight is 411 g/mol. The molecule has 0 bridgehead atoms. The molecule has 162 valence electrons. The second-order valence-electron chi connectivity index (χ2n) is 8.36. The van der Waals surface area contributed by atoms with Gasteiger partial charge < -0.3 is 15.0 Å². The van der Waals surface area contributed by atoms with Crippen molar-refractivity contribution >= 4 is 11.8 Å². The summed E-state index contributed by atoms with van der Waals surface area (Å²) in [5.41, 5.74) is 4.13. The molecule has 1 atom stereocenters. The van der Waals surface area contributed by atoms with E-state index in [0.29, 0.717) is 19.0 Å². The molecule has 5 heteroatoms. The molecule has 0 radical (unpaired) electrons. The van der Waals surface area contributed by atoms with E-state index >= 15 is 0 Å². The quantitative estimate of drug-likeness (QED) is 0.679. The van der Waals surface area contributed by atoms with Gasteiger partial charge in [0.25, 0.3) is 0 Å². The molecular formula is C25H34N2O3. The molecule has 2 aromatic carbocycles. The Morgan fingerprint density at radius 3 is 2.27 bits per heavy atom. The zero-order valence-electron chi connectivity index (χ0n) is 19.0. The molecule has 1 N–H and O–H groups in total. The second kappa shape index (κ2) is 10.8. The highest BCUT2D eigenvalue weighted by atomic mass is 16.5. The molecule has 0 fully saturated rings. The summed E-state index contributed by atoms with van der Waals surface area (Å²) in [6.07, 6.45) is 0.258. The first kappa shape index (κ1) is 23.5. The number of amides is 2. The van der Waals surface area contributed by atoms with Crippen LogP contribution in [0, 0.1) is 19.8 Å². The van der Waals surface area contributed by atoms with E-state index in [1.807, 2.05) is 64.1 Å². The van der Waals surface area contributed by atoms with Crippen LogP contribution < -0.4 is 10.1 Å². The van der Waals surface area contributed by atoms with Gasteiger partial charge in [-0.3, -0.25) is 9.59 Å². The number of carbonyl (C=O) groups excluding carboxylic acids is 2. The first-order valence-corrected chi connectivity index (χ1v) is 10.5. The number of hydrogen-bond donors (Lipinski definition) is 1. The number of nitrogens with one attached hydrogen (secondary N) is 1. The Morgan fingerprint density at radius 2 is 1.67 bits per heavy atom. The third kappa shape index (κ3) is 6.90. The van der Waals surface area contributed by atoms with E-state index in [1.54, 1.807) is 18.9 Å². The van der Waals surface area contributed by atoms with Gasteiger partial charge in [0.05, 0.1) is 13.5 Å². The summed E-state index contributed by atoms with van der Waals surface area (Å²) in [5, 5.41) is 2.95. The molecule has 2 aromatic rings. The number of nitrogens with zero attached hydrogens (tertiary/aromatic N) is 1. The summed E-state index contributed by atoms with van der Waals surface area (Å²) >= 11 is 0. The first-order chi connectivity index (χ1) is 14.2. The minimum absolute atomic E-state index is 0.0741.